The summed E-state index contributed by atoms with van der Waals surface area (Å²) in [5.41, 5.74) is 5.70. The van der Waals surface area contributed by atoms with E-state index in [0.29, 0.717) is 18.8 Å². The highest BCUT2D eigenvalue weighted by Crippen LogP contribution is 2.27. The molecule has 0 radical (unpaired) electrons. The van der Waals surface area contributed by atoms with Gasteiger partial charge in [0.05, 0.1) is 0 Å². The Labute approximate surface area is 257 Å². The van der Waals surface area contributed by atoms with E-state index >= 15 is 0 Å². The summed E-state index contributed by atoms with van der Waals surface area (Å²) >= 11 is 0. The molecular formula is C35H38FN5O3. The Morgan fingerprint density at radius 3 is 2.45 bits per heavy atom. The number of ether oxygens (including phenoxy) is 1. The van der Waals surface area contributed by atoms with Crippen LogP contribution in [0.4, 0.5) is 14.9 Å². The molecule has 3 heterocycles. The van der Waals surface area contributed by atoms with Crippen molar-refractivity contribution in [2.75, 3.05) is 18.4 Å². The van der Waals surface area contributed by atoms with E-state index in [-0.39, 0.29) is 23.5 Å². The van der Waals surface area contributed by atoms with Gasteiger partial charge < -0.3 is 15.4 Å². The largest absolute Gasteiger partial charge is 0.444 e. The number of carbonyl (C=O) groups excluding carboxylic acids is 2. The molecule has 1 atom stereocenters. The molecule has 1 fully saturated rings. The molecule has 1 aliphatic rings. The molecule has 2 N–H and O–H groups in total. The normalized spacial score (nSPS) is 15.4. The quantitative estimate of drug-likeness (QED) is 0.239. The smallest absolute Gasteiger partial charge is 0.407 e. The highest BCUT2D eigenvalue weighted by molar-refractivity contribution is 6.03. The van der Waals surface area contributed by atoms with Gasteiger partial charge in [0.2, 0.25) is 0 Å². The van der Waals surface area contributed by atoms with Crippen molar-refractivity contribution in [1.82, 2.24) is 20.2 Å². The fourth-order valence-corrected chi connectivity index (χ4v) is 5.28. The number of alkyl carbamates (subject to hydrolysis) is 1. The van der Waals surface area contributed by atoms with Crippen LogP contribution >= 0.6 is 0 Å². The summed E-state index contributed by atoms with van der Waals surface area (Å²) < 4.78 is 18.9. The summed E-state index contributed by atoms with van der Waals surface area (Å²) in [5.74, 6) is -0.668. The maximum atomic E-state index is 13.4. The van der Waals surface area contributed by atoms with Gasteiger partial charge in [0.25, 0.3) is 5.91 Å². The number of nitrogens with one attached hydrogen (secondary N) is 2. The number of likely N-dealkylation sites (tertiary alicyclic amines) is 1. The maximum absolute atomic E-state index is 13.4. The van der Waals surface area contributed by atoms with Crippen LogP contribution in [0.15, 0.2) is 79.1 Å². The van der Waals surface area contributed by atoms with E-state index in [0.717, 1.165) is 52.9 Å². The highest BCUT2D eigenvalue weighted by Gasteiger charge is 2.24. The van der Waals surface area contributed by atoms with Crippen LogP contribution in [-0.4, -0.2) is 51.6 Å². The van der Waals surface area contributed by atoms with E-state index < -0.39 is 11.7 Å². The summed E-state index contributed by atoms with van der Waals surface area (Å²) in [4.78, 5) is 36.8. The van der Waals surface area contributed by atoms with Crippen LogP contribution < -0.4 is 10.6 Å². The van der Waals surface area contributed by atoms with E-state index in [2.05, 4.69) is 31.6 Å². The molecule has 2 amide bonds. The molecule has 0 bridgehead atoms. The summed E-state index contributed by atoms with van der Waals surface area (Å²) in [7, 11) is 0. The molecule has 1 aliphatic heterocycles. The van der Waals surface area contributed by atoms with Crippen molar-refractivity contribution >= 4 is 17.7 Å². The van der Waals surface area contributed by atoms with E-state index in [1.165, 1.54) is 12.1 Å². The first-order chi connectivity index (χ1) is 21.0. The van der Waals surface area contributed by atoms with Gasteiger partial charge >= 0.3 is 6.09 Å². The number of piperidine rings is 1. The second-order valence-electron chi connectivity index (χ2n) is 12.2. The van der Waals surface area contributed by atoms with Gasteiger partial charge in [0, 0.05) is 48.5 Å². The van der Waals surface area contributed by atoms with Gasteiger partial charge in [-0.05, 0) is 118 Å². The number of nitrogens with zero attached hydrogens (tertiary/aromatic N) is 3. The predicted molar refractivity (Wildman–Crippen MR) is 170 cm³/mol. The van der Waals surface area contributed by atoms with Crippen molar-refractivity contribution in [2.45, 2.75) is 58.7 Å². The molecule has 1 saturated heterocycles. The van der Waals surface area contributed by atoms with Gasteiger partial charge in [0.1, 0.15) is 17.1 Å². The topological polar surface area (TPSA) is 96.5 Å². The first-order valence-electron chi connectivity index (χ1n) is 14.8. The van der Waals surface area contributed by atoms with E-state index in [9.17, 15) is 14.0 Å². The third-order valence-corrected chi connectivity index (χ3v) is 7.30. The number of amides is 2. The van der Waals surface area contributed by atoms with Gasteiger partial charge in [-0.15, -0.1) is 0 Å². The zero-order valence-corrected chi connectivity index (χ0v) is 25.6. The molecule has 9 heteroatoms. The molecule has 0 saturated carbocycles. The Hall–Kier alpha value is -4.63. The van der Waals surface area contributed by atoms with Crippen LogP contribution in [0.3, 0.4) is 0 Å². The number of carbonyl (C=O) groups is 2. The molecule has 0 unspecified atom stereocenters. The van der Waals surface area contributed by atoms with Gasteiger partial charge in [-0.3, -0.25) is 19.7 Å². The minimum Gasteiger partial charge on any atom is -0.444 e. The third-order valence-electron chi connectivity index (χ3n) is 7.30. The second-order valence-corrected chi connectivity index (χ2v) is 12.2. The van der Waals surface area contributed by atoms with Crippen molar-refractivity contribution in [3.8, 4) is 22.3 Å². The molecule has 0 spiro atoms. The molecule has 0 aliphatic carbocycles. The zero-order chi connectivity index (χ0) is 31.3. The number of hydrogen-bond acceptors (Lipinski definition) is 6. The second kappa shape index (κ2) is 13.3. The van der Waals surface area contributed by atoms with Crippen molar-refractivity contribution in [1.29, 1.82) is 0 Å². The van der Waals surface area contributed by atoms with Gasteiger partial charge in [-0.25, -0.2) is 9.18 Å². The molecule has 8 nitrogen and oxygen atoms in total. The molecule has 228 valence electrons. The molecule has 4 aromatic rings. The number of aryl methyl sites for hydroxylation is 1. The lowest BCUT2D eigenvalue weighted by molar-refractivity contribution is 0.0470. The van der Waals surface area contributed by atoms with Crippen LogP contribution in [0.2, 0.25) is 0 Å². The van der Waals surface area contributed by atoms with Crippen molar-refractivity contribution in [3.63, 3.8) is 0 Å². The fourth-order valence-electron chi connectivity index (χ4n) is 5.28. The SMILES string of the molecule is Cc1ccc(-c2cc(CN3CCC[C@H](NC(=O)OC(C)(C)C)C3)cc(NC(=O)c3cc(-c4ccc(F)cc4)ccn3)c2)cn1. The lowest BCUT2D eigenvalue weighted by Crippen LogP contribution is -2.48. The van der Waals surface area contributed by atoms with Crippen molar-refractivity contribution in [2.24, 2.45) is 0 Å². The maximum Gasteiger partial charge on any atom is 0.407 e. The van der Waals surface area contributed by atoms with Crippen LogP contribution in [0.1, 0.15) is 55.4 Å². The molecule has 2 aromatic heterocycles. The summed E-state index contributed by atoms with van der Waals surface area (Å²) in [6.07, 6.45) is 4.83. The van der Waals surface area contributed by atoms with Gasteiger partial charge in [-0.1, -0.05) is 18.2 Å². The minimum absolute atomic E-state index is 0.0123. The molecular weight excluding hydrogens is 557 g/mol. The first-order valence-corrected chi connectivity index (χ1v) is 14.8. The van der Waals surface area contributed by atoms with Crippen LogP contribution in [-0.2, 0) is 11.3 Å². The van der Waals surface area contributed by atoms with Crippen LogP contribution in [0.5, 0.6) is 0 Å². The van der Waals surface area contributed by atoms with Gasteiger partial charge in [0.15, 0.2) is 0 Å². The Morgan fingerprint density at radius 1 is 0.955 bits per heavy atom. The van der Waals surface area contributed by atoms with E-state index in [1.54, 1.807) is 30.5 Å². The highest BCUT2D eigenvalue weighted by atomic mass is 19.1. The predicted octanol–water partition coefficient (Wildman–Crippen LogP) is 7.00. The summed E-state index contributed by atoms with van der Waals surface area (Å²) in [6, 6.07) is 19.6. The fraction of sp³-hybridized carbons (Fsp3) is 0.314. The standard InChI is InChI=1S/C35H38FN5O3/c1-23-7-8-27(20-38-23)28-16-24(21-41-15-5-6-30(22-41)40-34(43)44-35(2,3)4)17-31(18-28)39-33(42)32-19-26(13-14-37-32)25-9-11-29(36)12-10-25/h7-14,16-20,30H,5-6,15,21-22H2,1-4H3,(H,39,42)(H,40,43)/t30-/m0/s1. The average Bonchev–Trinajstić information content (AvgIpc) is 2.97. The van der Waals surface area contributed by atoms with Crippen molar-refractivity contribution in [3.05, 3.63) is 102 Å². The summed E-state index contributed by atoms with van der Waals surface area (Å²) in [6.45, 7) is 9.72. The van der Waals surface area contributed by atoms with E-state index in [4.69, 9.17) is 4.74 Å². The number of benzene rings is 2. The Morgan fingerprint density at radius 2 is 1.73 bits per heavy atom. The van der Waals surface area contributed by atoms with Gasteiger partial charge in [-0.2, -0.15) is 0 Å². The van der Waals surface area contributed by atoms with E-state index in [1.807, 2.05) is 58.2 Å². The molecule has 5 rings (SSSR count). The third kappa shape index (κ3) is 8.48. The zero-order valence-electron chi connectivity index (χ0n) is 25.6. The lowest BCUT2D eigenvalue weighted by Gasteiger charge is -2.33. The minimum atomic E-state index is -0.553. The number of anilines is 1. The average molecular weight is 596 g/mol. The number of rotatable bonds is 7. The molecule has 2 aromatic carbocycles. The summed E-state index contributed by atoms with van der Waals surface area (Å²) in [5, 5.41) is 6.04. The Balaban J connectivity index is 1.36. The van der Waals surface area contributed by atoms with Crippen LogP contribution in [0.25, 0.3) is 22.3 Å². The Kier molecular flexibility index (Phi) is 9.35. The number of halogens is 1. The monoisotopic (exact) mass is 595 g/mol. The van der Waals surface area contributed by atoms with Crippen LogP contribution in [0, 0.1) is 12.7 Å². The number of pyridine rings is 2. The number of hydrogen-bond donors (Lipinski definition) is 2. The molecule has 44 heavy (non-hydrogen) atoms. The number of aromatic nitrogens is 2. The Bertz CT molecular complexity index is 1620. The lowest BCUT2D eigenvalue weighted by atomic mass is 10.0. The first kappa shape index (κ1) is 30.8. The van der Waals surface area contributed by atoms with Crippen molar-refractivity contribution < 1.29 is 18.7 Å².